The minimum atomic E-state index is -1.67. The topological polar surface area (TPSA) is 32.7 Å². The highest BCUT2D eigenvalue weighted by Crippen LogP contribution is 2.43. The molecule has 2 aliphatic heterocycles. The molecule has 0 aromatic heterocycles. The lowest BCUT2D eigenvalue weighted by Gasteiger charge is -2.44. The predicted molar refractivity (Wildman–Crippen MR) is 115 cm³/mol. The van der Waals surface area contributed by atoms with Gasteiger partial charge in [0.2, 0.25) is 0 Å². The third-order valence-corrected chi connectivity index (χ3v) is 11.8. The van der Waals surface area contributed by atoms with Crippen LogP contribution in [0.4, 0.5) is 0 Å². The monoisotopic (exact) mass is 389 g/mol. The van der Waals surface area contributed by atoms with E-state index in [1.165, 1.54) is 18.4 Å². The summed E-state index contributed by atoms with van der Waals surface area (Å²) in [6.07, 6.45) is 6.18. The summed E-state index contributed by atoms with van der Waals surface area (Å²) in [5.41, 5.74) is 0.901. The van der Waals surface area contributed by atoms with Gasteiger partial charge in [-0.1, -0.05) is 51.1 Å². The van der Waals surface area contributed by atoms with Crippen LogP contribution in [0.5, 0.6) is 0 Å². The molecule has 2 aliphatic rings. The molecule has 1 aromatic carbocycles. The first kappa shape index (κ1) is 21.0. The maximum absolute atomic E-state index is 11.3. The van der Waals surface area contributed by atoms with E-state index >= 15 is 0 Å². The third kappa shape index (κ3) is 5.03. The van der Waals surface area contributed by atoms with E-state index in [2.05, 4.69) is 69.1 Å². The number of fused-ring (bicyclic) bond motifs is 2. The fourth-order valence-electron chi connectivity index (χ4n) is 4.62. The van der Waals surface area contributed by atoms with Crippen LogP contribution in [0.2, 0.25) is 18.1 Å². The quantitative estimate of drug-likeness (QED) is 0.504. The maximum Gasteiger partial charge on any atom is 0.191 e. The van der Waals surface area contributed by atoms with Crippen molar-refractivity contribution in [1.82, 2.24) is 4.90 Å². The molecular weight excluding hydrogens is 350 g/mol. The van der Waals surface area contributed by atoms with Crippen molar-refractivity contribution in [3.05, 3.63) is 35.9 Å². The van der Waals surface area contributed by atoms with Gasteiger partial charge in [-0.15, -0.1) is 0 Å². The second-order valence-corrected chi connectivity index (χ2v) is 15.2. The van der Waals surface area contributed by atoms with Crippen molar-refractivity contribution in [3.63, 3.8) is 0 Å². The second kappa shape index (κ2) is 7.98. The van der Waals surface area contributed by atoms with Crippen molar-refractivity contribution in [2.45, 2.75) is 102 Å². The van der Waals surface area contributed by atoms with Gasteiger partial charge in [-0.25, -0.2) is 0 Å². The lowest BCUT2D eigenvalue weighted by molar-refractivity contribution is -0.0623. The molecule has 2 atom stereocenters. The van der Waals surface area contributed by atoms with Crippen molar-refractivity contribution in [1.29, 1.82) is 0 Å². The summed E-state index contributed by atoms with van der Waals surface area (Å²) in [5.74, 6) is 0. The molecule has 0 radical (unpaired) electrons. The van der Waals surface area contributed by atoms with Gasteiger partial charge in [0, 0.05) is 25.2 Å². The molecule has 4 heteroatoms. The zero-order chi connectivity index (χ0) is 19.7. The van der Waals surface area contributed by atoms with Crippen LogP contribution in [0.15, 0.2) is 30.3 Å². The Labute approximate surface area is 167 Å². The SMILES string of the molecule is CC(C)(C)[Si](C)(C)OCCCC1(O)CC2CCC(C1)N2Cc1ccccc1. The van der Waals surface area contributed by atoms with Gasteiger partial charge in [-0.2, -0.15) is 0 Å². The summed E-state index contributed by atoms with van der Waals surface area (Å²) in [6.45, 7) is 13.3. The molecule has 0 amide bonds. The maximum atomic E-state index is 11.3. The molecule has 0 saturated carbocycles. The van der Waals surface area contributed by atoms with Crippen LogP contribution in [0.3, 0.4) is 0 Å². The highest BCUT2D eigenvalue weighted by Gasteiger charge is 2.47. The fraction of sp³-hybridized carbons (Fsp3) is 0.739. The lowest BCUT2D eigenvalue weighted by Crippen LogP contribution is -2.50. The number of aliphatic hydroxyl groups is 1. The van der Waals surface area contributed by atoms with Crippen molar-refractivity contribution in [2.24, 2.45) is 0 Å². The van der Waals surface area contributed by atoms with Crippen molar-refractivity contribution >= 4 is 8.32 Å². The number of benzene rings is 1. The predicted octanol–water partition coefficient (Wildman–Crippen LogP) is 5.35. The smallest absolute Gasteiger partial charge is 0.191 e. The van der Waals surface area contributed by atoms with Gasteiger partial charge in [-0.05, 0) is 62.2 Å². The lowest BCUT2D eigenvalue weighted by atomic mass is 9.82. The van der Waals surface area contributed by atoms with Crippen LogP contribution in [-0.4, -0.2) is 42.6 Å². The molecule has 3 nitrogen and oxygen atoms in total. The minimum absolute atomic E-state index is 0.256. The minimum Gasteiger partial charge on any atom is -0.417 e. The Bertz CT molecular complexity index is 597. The molecule has 0 aliphatic carbocycles. The van der Waals surface area contributed by atoms with Crippen LogP contribution in [0.25, 0.3) is 0 Å². The number of hydrogen-bond acceptors (Lipinski definition) is 3. The molecule has 152 valence electrons. The highest BCUT2D eigenvalue weighted by molar-refractivity contribution is 6.74. The van der Waals surface area contributed by atoms with Gasteiger partial charge >= 0.3 is 0 Å². The highest BCUT2D eigenvalue weighted by atomic mass is 28.4. The van der Waals surface area contributed by atoms with Gasteiger partial charge in [-0.3, -0.25) is 4.90 Å². The Balaban J connectivity index is 1.50. The average molecular weight is 390 g/mol. The Kier molecular flexibility index (Phi) is 6.22. The average Bonchev–Trinajstić information content (AvgIpc) is 2.83. The molecule has 2 bridgehead atoms. The van der Waals surface area contributed by atoms with Gasteiger partial charge in [0.05, 0.1) is 5.60 Å². The van der Waals surface area contributed by atoms with E-state index in [-0.39, 0.29) is 5.04 Å². The number of rotatable bonds is 7. The summed E-state index contributed by atoms with van der Waals surface area (Å²) in [4.78, 5) is 2.65. The molecule has 2 heterocycles. The summed E-state index contributed by atoms with van der Waals surface area (Å²) in [7, 11) is -1.67. The van der Waals surface area contributed by atoms with E-state index in [0.717, 1.165) is 38.8 Å². The van der Waals surface area contributed by atoms with Gasteiger partial charge in [0.15, 0.2) is 8.32 Å². The van der Waals surface area contributed by atoms with Crippen molar-refractivity contribution in [2.75, 3.05) is 6.61 Å². The zero-order valence-electron chi connectivity index (χ0n) is 18.0. The van der Waals surface area contributed by atoms with Crippen LogP contribution in [0, 0.1) is 0 Å². The molecule has 2 fully saturated rings. The number of piperidine rings is 1. The Morgan fingerprint density at radius 3 is 2.26 bits per heavy atom. The molecular formula is C23H39NO2Si. The Hall–Kier alpha value is -0.683. The van der Waals surface area contributed by atoms with Gasteiger partial charge in [0.1, 0.15) is 0 Å². The standard InChI is InChI=1S/C23H39NO2Si/c1-22(2,3)27(4,5)26-15-9-14-23(25)16-20-12-13-21(17-23)24(20)18-19-10-7-6-8-11-19/h6-8,10-11,20-21,25H,9,12-18H2,1-5H3. The fourth-order valence-corrected chi connectivity index (χ4v) is 5.70. The molecule has 2 saturated heterocycles. The van der Waals surface area contributed by atoms with E-state index < -0.39 is 13.9 Å². The molecule has 27 heavy (non-hydrogen) atoms. The Morgan fingerprint density at radius 2 is 1.70 bits per heavy atom. The molecule has 3 rings (SSSR count). The van der Waals surface area contributed by atoms with Crippen molar-refractivity contribution < 1.29 is 9.53 Å². The zero-order valence-corrected chi connectivity index (χ0v) is 19.0. The second-order valence-electron chi connectivity index (χ2n) is 10.4. The molecule has 1 N–H and O–H groups in total. The molecule has 1 aromatic rings. The largest absolute Gasteiger partial charge is 0.417 e. The summed E-state index contributed by atoms with van der Waals surface area (Å²) >= 11 is 0. The normalized spacial score (nSPS) is 29.3. The van der Waals surface area contributed by atoms with E-state index in [1.807, 2.05) is 0 Å². The van der Waals surface area contributed by atoms with Crippen LogP contribution < -0.4 is 0 Å². The first-order valence-corrected chi connectivity index (χ1v) is 13.7. The number of nitrogens with zero attached hydrogens (tertiary/aromatic N) is 1. The summed E-state index contributed by atoms with van der Waals surface area (Å²) < 4.78 is 6.32. The van der Waals surface area contributed by atoms with Crippen LogP contribution in [0.1, 0.15) is 64.9 Å². The molecule has 2 unspecified atom stereocenters. The van der Waals surface area contributed by atoms with Gasteiger partial charge < -0.3 is 9.53 Å². The van der Waals surface area contributed by atoms with E-state index in [0.29, 0.717) is 12.1 Å². The van der Waals surface area contributed by atoms with E-state index in [9.17, 15) is 5.11 Å². The number of hydrogen-bond donors (Lipinski definition) is 1. The molecule has 0 spiro atoms. The van der Waals surface area contributed by atoms with E-state index in [4.69, 9.17) is 4.43 Å². The third-order valence-electron chi connectivity index (χ3n) is 7.27. The van der Waals surface area contributed by atoms with E-state index in [1.54, 1.807) is 0 Å². The first-order valence-electron chi connectivity index (χ1n) is 10.8. The summed E-state index contributed by atoms with van der Waals surface area (Å²) in [6, 6.07) is 11.8. The van der Waals surface area contributed by atoms with Crippen LogP contribution >= 0.6 is 0 Å². The van der Waals surface area contributed by atoms with Gasteiger partial charge in [0.25, 0.3) is 0 Å². The first-order chi connectivity index (χ1) is 12.6. The van der Waals surface area contributed by atoms with Crippen molar-refractivity contribution in [3.8, 4) is 0 Å². The van der Waals surface area contributed by atoms with Crippen LogP contribution in [-0.2, 0) is 11.0 Å². The summed E-state index contributed by atoms with van der Waals surface area (Å²) in [5, 5.41) is 11.5. The Morgan fingerprint density at radius 1 is 1.11 bits per heavy atom.